The zero-order valence-corrected chi connectivity index (χ0v) is 18.0. The number of aryl methyl sites for hydroxylation is 1. The predicted octanol–water partition coefficient (Wildman–Crippen LogP) is 1.12. The fourth-order valence-corrected chi connectivity index (χ4v) is 5.89. The maximum Gasteiger partial charge on any atom is 0.246 e. The number of carbonyl (C=O) groups excluding carboxylic acids is 1. The molecule has 2 aliphatic heterocycles. The summed E-state index contributed by atoms with van der Waals surface area (Å²) < 4.78 is 29.0. The predicted molar refractivity (Wildman–Crippen MR) is 107 cm³/mol. The van der Waals surface area contributed by atoms with Crippen LogP contribution in [0.2, 0.25) is 0 Å². The summed E-state index contributed by atoms with van der Waals surface area (Å²) in [5.41, 5.74) is 0.613. The number of nitrogens with zero attached hydrogens (tertiary/aromatic N) is 4. The largest absolute Gasteiger partial charge is 0.352 e. The van der Waals surface area contributed by atoms with E-state index >= 15 is 0 Å². The van der Waals surface area contributed by atoms with Gasteiger partial charge in [-0.2, -0.15) is 9.40 Å². The monoisotopic (exact) mass is 411 g/mol. The number of piperidine rings is 2. The fraction of sp³-hybridized carbons (Fsp3) is 0.789. The summed E-state index contributed by atoms with van der Waals surface area (Å²) in [4.78, 5) is 15.4. The molecule has 0 spiro atoms. The van der Waals surface area contributed by atoms with E-state index in [2.05, 4.69) is 15.3 Å². The second-order valence-corrected chi connectivity index (χ2v) is 10.1. The third-order valence-electron chi connectivity index (χ3n) is 5.93. The van der Waals surface area contributed by atoms with Gasteiger partial charge in [0.25, 0.3) is 0 Å². The molecule has 0 saturated carbocycles. The van der Waals surface area contributed by atoms with Crippen molar-refractivity contribution in [2.24, 2.45) is 13.0 Å². The molecule has 28 heavy (non-hydrogen) atoms. The molecule has 3 heterocycles. The highest BCUT2D eigenvalue weighted by atomic mass is 32.2. The maximum atomic E-state index is 13.0. The van der Waals surface area contributed by atoms with Crippen LogP contribution in [-0.4, -0.2) is 72.1 Å². The molecule has 9 heteroatoms. The number of aromatic nitrogens is 2. The highest BCUT2D eigenvalue weighted by molar-refractivity contribution is 7.89. The third kappa shape index (κ3) is 4.75. The van der Waals surface area contributed by atoms with Gasteiger partial charge in [-0.25, -0.2) is 8.42 Å². The molecule has 3 rings (SSSR count). The molecule has 0 aliphatic carbocycles. The van der Waals surface area contributed by atoms with Gasteiger partial charge in [-0.05, 0) is 52.6 Å². The molecule has 2 aliphatic rings. The Morgan fingerprint density at radius 1 is 1.25 bits per heavy atom. The van der Waals surface area contributed by atoms with Crippen LogP contribution >= 0.6 is 0 Å². The van der Waals surface area contributed by atoms with Crippen LogP contribution in [-0.2, 0) is 21.9 Å². The molecule has 1 aromatic rings. The number of likely N-dealkylation sites (tertiary alicyclic amines) is 1. The Balaban J connectivity index is 1.59. The van der Waals surface area contributed by atoms with Gasteiger partial charge in [-0.3, -0.25) is 9.48 Å². The second kappa shape index (κ2) is 8.92. The smallest absolute Gasteiger partial charge is 0.246 e. The molecule has 1 N–H and O–H groups in total. The Hall–Kier alpha value is -1.45. The van der Waals surface area contributed by atoms with Gasteiger partial charge in [0.2, 0.25) is 15.9 Å². The van der Waals surface area contributed by atoms with Crippen LogP contribution < -0.4 is 5.32 Å². The van der Waals surface area contributed by atoms with Crippen molar-refractivity contribution >= 4 is 15.9 Å². The molecular formula is C19H33N5O3S. The van der Waals surface area contributed by atoms with Crippen LogP contribution in [0.1, 0.15) is 44.7 Å². The van der Waals surface area contributed by atoms with E-state index in [0.717, 1.165) is 26.1 Å². The first-order valence-electron chi connectivity index (χ1n) is 10.3. The maximum absolute atomic E-state index is 13.0. The second-order valence-electron chi connectivity index (χ2n) is 8.19. The van der Waals surface area contributed by atoms with Crippen LogP contribution in [0.4, 0.5) is 0 Å². The van der Waals surface area contributed by atoms with Crippen LogP contribution in [0.25, 0.3) is 0 Å². The molecule has 0 aromatic carbocycles. The Morgan fingerprint density at radius 3 is 2.61 bits per heavy atom. The van der Waals surface area contributed by atoms with E-state index in [9.17, 15) is 13.2 Å². The van der Waals surface area contributed by atoms with Crippen molar-refractivity contribution in [2.45, 2.75) is 56.9 Å². The summed E-state index contributed by atoms with van der Waals surface area (Å²) in [6.45, 7) is 7.51. The zero-order valence-electron chi connectivity index (χ0n) is 17.2. The number of carbonyl (C=O) groups is 1. The molecule has 0 unspecified atom stereocenters. The number of hydrogen-bond acceptors (Lipinski definition) is 5. The van der Waals surface area contributed by atoms with Crippen molar-refractivity contribution in [1.29, 1.82) is 0 Å². The molecule has 2 fully saturated rings. The van der Waals surface area contributed by atoms with E-state index in [-0.39, 0.29) is 29.3 Å². The average molecular weight is 412 g/mol. The van der Waals surface area contributed by atoms with Gasteiger partial charge in [0, 0.05) is 32.7 Å². The van der Waals surface area contributed by atoms with E-state index < -0.39 is 10.0 Å². The van der Waals surface area contributed by atoms with Crippen LogP contribution in [0.3, 0.4) is 0 Å². The number of amides is 1. The van der Waals surface area contributed by atoms with Gasteiger partial charge in [-0.1, -0.05) is 6.42 Å². The summed E-state index contributed by atoms with van der Waals surface area (Å²) >= 11 is 0. The first-order chi connectivity index (χ1) is 13.3. The number of nitrogens with one attached hydrogen (secondary N) is 1. The van der Waals surface area contributed by atoms with E-state index in [1.807, 2.05) is 6.92 Å². The lowest BCUT2D eigenvalue weighted by Crippen LogP contribution is -2.49. The lowest BCUT2D eigenvalue weighted by Gasteiger charge is -2.33. The number of sulfonamides is 1. The molecule has 2 atom stereocenters. The summed E-state index contributed by atoms with van der Waals surface area (Å²) in [6, 6.07) is 0.0677. The van der Waals surface area contributed by atoms with Crippen molar-refractivity contribution in [3.8, 4) is 0 Å². The molecule has 8 nitrogen and oxygen atoms in total. The topological polar surface area (TPSA) is 87.5 Å². The number of rotatable bonds is 6. The minimum Gasteiger partial charge on any atom is -0.352 e. The Labute approximate surface area is 168 Å². The minimum absolute atomic E-state index is 0.0349. The molecular weight excluding hydrogens is 378 g/mol. The Morgan fingerprint density at radius 2 is 1.96 bits per heavy atom. The van der Waals surface area contributed by atoms with Gasteiger partial charge in [0.1, 0.15) is 4.90 Å². The van der Waals surface area contributed by atoms with Crippen molar-refractivity contribution in [1.82, 2.24) is 24.3 Å². The first kappa shape index (κ1) is 21.3. The van der Waals surface area contributed by atoms with Gasteiger partial charge >= 0.3 is 0 Å². The lowest BCUT2D eigenvalue weighted by atomic mass is 9.98. The minimum atomic E-state index is -3.63. The third-order valence-corrected chi connectivity index (χ3v) is 7.90. The molecule has 0 bridgehead atoms. The quantitative estimate of drug-likeness (QED) is 0.758. The molecule has 2 saturated heterocycles. The summed E-state index contributed by atoms with van der Waals surface area (Å²) in [6.07, 6.45) is 6.56. The van der Waals surface area contributed by atoms with Gasteiger partial charge < -0.3 is 10.2 Å². The average Bonchev–Trinajstić information content (AvgIpc) is 3.02. The zero-order chi connectivity index (χ0) is 20.3. The van der Waals surface area contributed by atoms with Crippen molar-refractivity contribution in [3.05, 3.63) is 11.9 Å². The van der Waals surface area contributed by atoms with Crippen LogP contribution in [0.5, 0.6) is 0 Å². The van der Waals surface area contributed by atoms with E-state index in [1.54, 1.807) is 18.7 Å². The van der Waals surface area contributed by atoms with Crippen LogP contribution in [0, 0.1) is 12.8 Å². The molecule has 158 valence electrons. The van der Waals surface area contributed by atoms with Gasteiger partial charge in [-0.15, -0.1) is 0 Å². The molecule has 1 amide bonds. The van der Waals surface area contributed by atoms with Crippen LogP contribution in [0.15, 0.2) is 11.1 Å². The lowest BCUT2D eigenvalue weighted by molar-refractivity contribution is -0.126. The standard InChI is InChI=1S/C19H33N5O3S/c1-15(13-23-9-5-4-6-10-23)21-19(25)17-8-7-11-24(14-17)28(26,27)18-12-20-22(3)16(18)2/h12,15,17H,4-11,13-14H2,1-3H3,(H,21,25)/t15-,17-/m1/s1. The van der Waals surface area contributed by atoms with Crippen molar-refractivity contribution in [3.63, 3.8) is 0 Å². The summed E-state index contributed by atoms with van der Waals surface area (Å²) in [5.74, 6) is -0.336. The normalized spacial score (nSPS) is 23.5. The Kier molecular flexibility index (Phi) is 6.77. The van der Waals surface area contributed by atoms with Crippen molar-refractivity contribution < 1.29 is 13.2 Å². The highest BCUT2D eigenvalue weighted by Gasteiger charge is 2.35. The van der Waals surface area contributed by atoms with Gasteiger partial charge in [0.05, 0.1) is 17.8 Å². The van der Waals surface area contributed by atoms with Gasteiger partial charge in [0.15, 0.2) is 0 Å². The van der Waals surface area contributed by atoms with Crippen molar-refractivity contribution in [2.75, 3.05) is 32.7 Å². The van der Waals surface area contributed by atoms with E-state index in [4.69, 9.17) is 0 Å². The Bertz CT molecular complexity index is 785. The first-order valence-corrected chi connectivity index (χ1v) is 11.7. The molecule has 0 radical (unpaired) electrons. The van der Waals surface area contributed by atoms with E-state index in [0.29, 0.717) is 18.7 Å². The van der Waals surface area contributed by atoms with E-state index in [1.165, 1.54) is 29.8 Å². The SMILES string of the molecule is Cc1c(S(=O)(=O)N2CCC[C@@H](C(=O)N[C@H](C)CN3CCCCC3)C2)cnn1C. The fourth-order valence-electron chi connectivity index (χ4n) is 4.18. The highest BCUT2D eigenvalue weighted by Crippen LogP contribution is 2.25. The number of hydrogen-bond donors (Lipinski definition) is 1. The summed E-state index contributed by atoms with van der Waals surface area (Å²) in [5, 5.41) is 7.16. The summed E-state index contributed by atoms with van der Waals surface area (Å²) in [7, 11) is -1.90. The molecule has 1 aromatic heterocycles.